The summed E-state index contributed by atoms with van der Waals surface area (Å²) >= 11 is 0. The van der Waals surface area contributed by atoms with E-state index >= 15 is 0 Å². The van der Waals surface area contributed by atoms with Crippen molar-refractivity contribution in [3.8, 4) is 17.2 Å². The Kier molecular flexibility index (Phi) is 6.51. The minimum atomic E-state index is -0.393. The fourth-order valence-corrected chi connectivity index (χ4v) is 5.61. The van der Waals surface area contributed by atoms with Crippen LogP contribution in [0.1, 0.15) is 55.2 Å². The highest BCUT2D eigenvalue weighted by Gasteiger charge is 2.45. The standard InChI is InChI=1S/C30H35NO3/c1-30(2)29(23-9-5-4-6-10-23)28(26-16-15-25(32-3)21-27(26)34-30)22-11-13-24(14-12-22)33-20-19-31-17-7-8-18-31/h4-6,9-16,21,28-29H,7-8,17-20H2,1-3H3/t28-,29-/m1/s1. The maximum absolute atomic E-state index is 6.60. The van der Waals surface area contributed by atoms with Gasteiger partial charge in [0.1, 0.15) is 29.5 Å². The van der Waals surface area contributed by atoms with E-state index in [0.717, 1.165) is 30.4 Å². The zero-order chi connectivity index (χ0) is 23.5. The molecular weight excluding hydrogens is 422 g/mol. The first-order valence-corrected chi connectivity index (χ1v) is 12.4. The van der Waals surface area contributed by atoms with Gasteiger partial charge in [0.15, 0.2) is 0 Å². The van der Waals surface area contributed by atoms with Gasteiger partial charge in [-0.3, -0.25) is 4.90 Å². The van der Waals surface area contributed by atoms with Gasteiger partial charge in [0.25, 0.3) is 0 Å². The third kappa shape index (κ3) is 4.65. The zero-order valence-electron chi connectivity index (χ0n) is 20.5. The molecule has 1 fully saturated rings. The highest BCUT2D eigenvalue weighted by Crippen LogP contribution is 2.53. The second-order valence-electron chi connectivity index (χ2n) is 9.94. The summed E-state index contributed by atoms with van der Waals surface area (Å²) in [6.45, 7) is 8.52. The van der Waals surface area contributed by atoms with E-state index in [1.54, 1.807) is 7.11 Å². The Morgan fingerprint density at radius 3 is 2.29 bits per heavy atom. The molecule has 3 aromatic carbocycles. The van der Waals surface area contributed by atoms with Crippen molar-refractivity contribution >= 4 is 0 Å². The van der Waals surface area contributed by atoms with E-state index in [2.05, 4.69) is 79.4 Å². The van der Waals surface area contributed by atoms with Crippen LogP contribution < -0.4 is 14.2 Å². The smallest absolute Gasteiger partial charge is 0.127 e. The van der Waals surface area contributed by atoms with Crippen molar-refractivity contribution in [2.45, 2.75) is 44.1 Å². The van der Waals surface area contributed by atoms with Crippen LogP contribution in [-0.4, -0.2) is 43.9 Å². The maximum Gasteiger partial charge on any atom is 0.127 e. The van der Waals surface area contributed by atoms with Crippen LogP contribution in [0.5, 0.6) is 17.2 Å². The number of hydrogen-bond donors (Lipinski definition) is 0. The summed E-state index contributed by atoms with van der Waals surface area (Å²) in [6, 6.07) is 25.6. The summed E-state index contributed by atoms with van der Waals surface area (Å²) in [6.07, 6.45) is 2.62. The Bertz CT molecular complexity index is 1090. The molecule has 0 aliphatic carbocycles. The molecule has 0 radical (unpaired) electrons. The van der Waals surface area contributed by atoms with Gasteiger partial charge in [-0.2, -0.15) is 0 Å². The number of nitrogens with zero attached hydrogens (tertiary/aromatic N) is 1. The summed E-state index contributed by atoms with van der Waals surface area (Å²) in [5.41, 5.74) is 3.35. The Balaban J connectivity index is 1.46. The summed E-state index contributed by atoms with van der Waals surface area (Å²) in [5.74, 6) is 2.96. The molecule has 0 saturated carbocycles. The second-order valence-corrected chi connectivity index (χ2v) is 9.94. The van der Waals surface area contributed by atoms with Gasteiger partial charge >= 0.3 is 0 Å². The third-order valence-electron chi connectivity index (χ3n) is 7.28. The number of methoxy groups -OCH3 is 1. The SMILES string of the molecule is COc1ccc2c(c1)OC(C)(C)[C@H](c1ccccc1)[C@@H]2c1ccc(OCCN2CCCC2)cc1. The van der Waals surface area contributed by atoms with Crippen molar-refractivity contribution < 1.29 is 14.2 Å². The van der Waals surface area contributed by atoms with Crippen molar-refractivity contribution in [1.29, 1.82) is 0 Å². The number of ether oxygens (including phenoxy) is 3. The predicted octanol–water partition coefficient (Wildman–Crippen LogP) is 6.26. The lowest BCUT2D eigenvalue weighted by atomic mass is 9.68. The Morgan fingerprint density at radius 2 is 1.59 bits per heavy atom. The van der Waals surface area contributed by atoms with Crippen molar-refractivity contribution in [2.24, 2.45) is 0 Å². The average molecular weight is 458 g/mol. The molecule has 4 heteroatoms. The van der Waals surface area contributed by atoms with E-state index in [4.69, 9.17) is 14.2 Å². The van der Waals surface area contributed by atoms with Gasteiger partial charge in [-0.1, -0.05) is 48.5 Å². The maximum atomic E-state index is 6.60. The molecule has 5 rings (SSSR count). The molecule has 4 nitrogen and oxygen atoms in total. The first-order chi connectivity index (χ1) is 16.5. The van der Waals surface area contributed by atoms with Crippen LogP contribution >= 0.6 is 0 Å². The van der Waals surface area contributed by atoms with E-state index in [9.17, 15) is 0 Å². The quantitative estimate of drug-likeness (QED) is 0.419. The van der Waals surface area contributed by atoms with Crippen LogP contribution in [-0.2, 0) is 0 Å². The van der Waals surface area contributed by atoms with E-state index in [0.29, 0.717) is 0 Å². The van der Waals surface area contributed by atoms with Crippen molar-refractivity contribution in [1.82, 2.24) is 4.90 Å². The molecule has 2 aliphatic rings. The zero-order valence-corrected chi connectivity index (χ0v) is 20.5. The molecule has 0 unspecified atom stereocenters. The fourth-order valence-electron chi connectivity index (χ4n) is 5.61. The summed E-state index contributed by atoms with van der Waals surface area (Å²) in [5, 5.41) is 0. The van der Waals surface area contributed by atoms with E-state index in [1.165, 1.54) is 42.6 Å². The molecule has 0 spiro atoms. The van der Waals surface area contributed by atoms with Crippen molar-refractivity contribution in [2.75, 3.05) is 33.4 Å². The van der Waals surface area contributed by atoms with E-state index in [-0.39, 0.29) is 11.8 Å². The lowest BCUT2D eigenvalue weighted by molar-refractivity contribution is 0.0528. The number of hydrogen-bond acceptors (Lipinski definition) is 4. The molecule has 2 heterocycles. The molecular formula is C30H35NO3. The summed E-state index contributed by atoms with van der Waals surface area (Å²) in [7, 11) is 1.70. The van der Waals surface area contributed by atoms with Crippen LogP contribution in [0, 0.1) is 0 Å². The second kappa shape index (κ2) is 9.71. The van der Waals surface area contributed by atoms with Crippen LogP contribution in [0.3, 0.4) is 0 Å². The molecule has 34 heavy (non-hydrogen) atoms. The average Bonchev–Trinajstić information content (AvgIpc) is 3.37. The Hall–Kier alpha value is -2.98. The molecule has 1 saturated heterocycles. The minimum absolute atomic E-state index is 0.158. The molecule has 3 aromatic rings. The van der Waals surface area contributed by atoms with Crippen molar-refractivity contribution in [3.05, 3.63) is 89.5 Å². The van der Waals surface area contributed by atoms with Crippen LogP contribution in [0.25, 0.3) is 0 Å². The molecule has 0 bridgehead atoms. The van der Waals surface area contributed by atoms with Gasteiger partial charge in [-0.15, -0.1) is 0 Å². The largest absolute Gasteiger partial charge is 0.497 e. The monoisotopic (exact) mass is 457 g/mol. The number of fused-ring (bicyclic) bond motifs is 1. The van der Waals surface area contributed by atoms with Crippen LogP contribution in [0.4, 0.5) is 0 Å². The predicted molar refractivity (Wildman–Crippen MR) is 136 cm³/mol. The van der Waals surface area contributed by atoms with Gasteiger partial charge in [0.2, 0.25) is 0 Å². The molecule has 0 N–H and O–H groups in total. The fraction of sp³-hybridized carbons (Fsp3) is 0.400. The highest BCUT2D eigenvalue weighted by molar-refractivity contribution is 5.52. The Labute approximate surface area is 203 Å². The van der Waals surface area contributed by atoms with Crippen molar-refractivity contribution in [3.63, 3.8) is 0 Å². The first kappa shape index (κ1) is 22.8. The first-order valence-electron chi connectivity index (χ1n) is 12.4. The van der Waals surface area contributed by atoms with E-state index in [1.807, 2.05) is 12.1 Å². The summed E-state index contributed by atoms with van der Waals surface area (Å²) < 4.78 is 18.2. The molecule has 178 valence electrons. The minimum Gasteiger partial charge on any atom is -0.497 e. The van der Waals surface area contributed by atoms with Gasteiger partial charge in [-0.05, 0) is 69.1 Å². The van der Waals surface area contributed by atoms with Gasteiger partial charge in [0.05, 0.1) is 7.11 Å². The van der Waals surface area contributed by atoms with Gasteiger partial charge in [-0.25, -0.2) is 0 Å². The number of rotatable bonds is 7. The number of likely N-dealkylation sites (tertiary alicyclic amines) is 1. The molecule has 0 amide bonds. The van der Waals surface area contributed by atoms with Gasteiger partial charge in [0, 0.05) is 30.0 Å². The van der Waals surface area contributed by atoms with Gasteiger partial charge < -0.3 is 14.2 Å². The number of benzene rings is 3. The molecule has 2 atom stereocenters. The normalized spacial score (nSPS) is 21.5. The third-order valence-corrected chi connectivity index (χ3v) is 7.28. The van der Waals surface area contributed by atoms with Crippen LogP contribution in [0.2, 0.25) is 0 Å². The van der Waals surface area contributed by atoms with E-state index < -0.39 is 5.60 Å². The lowest BCUT2D eigenvalue weighted by Crippen LogP contribution is -2.43. The van der Waals surface area contributed by atoms with Crippen LogP contribution in [0.15, 0.2) is 72.8 Å². The topological polar surface area (TPSA) is 30.9 Å². The Morgan fingerprint density at radius 1 is 0.882 bits per heavy atom. The highest BCUT2D eigenvalue weighted by atomic mass is 16.5. The summed E-state index contributed by atoms with van der Waals surface area (Å²) in [4.78, 5) is 2.48. The molecule has 2 aliphatic heterocycles. The molecule has 0 aromatic heterocycles. The lowest BCUT2D eigenvalue weighted by Gasteiger charge is -2.45.